The normalized spacial score (nSPS) is 9.69. The smallest absolute Gasteiger partial charge is 0.0105 e. The maximum absolute atomic E-state index is 2.28. The Kier molecular flexibility index (Phi) is 32.4. The summed E-state index contributed by atoms with van der Waals surface area (Å²) in [6, 6.07) is 4.51. The third kappa shape index (κ3) is 16.2. The Morgan fingerprint density at radius 2 is 0.641 bits per heavy atom. The molecule has 234 valence electrons. The average molecular weight is 601 g/mol. The van der Waals surface area contributed by atoms with Crippen molar-refractivity contribution in [2.24, 2.45) is 0 Å². The van der Waals surface area contributed by atoms with Gasteiger partial charge in [0.15, 0.2) is 0 Å². The molecule has 0 spiro atoms. The average Bonchev–Trinajstić information content (AvgIpc) is 3.48. The predicted molar refractivity (Wildman–Crippen MR) is 198 cm³/mol. The highest BCUT2D eigenvalue weighted by Gasteiger charge is 2.11. The molecule has 3 aromatic heterocycles. The zero-order chi connectivity index (χ0) is 25.3. The van der Waals surface area contributed by atoms with Crippen molar-refractivity contribution in [3.63, 3.8) is 0 Å². The van der Waals surface area contributed by atoms with E-state index in [9.17, 15) is 0 Å². The molecule has 3 aromatic rings. The van der Waals surface area contributed by atoms with Crippen LogP contribution >= 0.6 is 34.0 Å². The van der Waals surface area contributed by atoms with Crippen LogP contribution in [0.2, 0.25) is 0 Å². The molecule has 0 fully saturated rings. The summed E-state index contributed by atoms with van der Waals surface area (Å²) in [5.74, 6) is 4.09. The molecule has 0 aliphatic heterocycles. The lowest BCUT2D eigenvalue weighted by atomic mass is 9.95. The summed E-state index contributed by atoms with van der Waals surface area (Å²) >= 11 is 5.59. The van der Waals surface area contributed by atoms with Gasteiger partial charge in [0.1, 0.15) is 0 Å². The predicted octanol–water partition coefficient (Wildman–Crippen LogP) is 15.8. The first-order valence-corrected chi connectivity index (χ1v) is 15.3. The van der Waals surface area contributed by atoms with Crippen LogP contribution in [0.5, 0.6) is 0 Å². The SMILES string of the molecule is C.C.C.C.C.C.CC(C)c1ccsc1C(C)C.CC(C)c1ccsc1C(C)C.CC(C)c1cscc1C(C)C. The van der Waals surface area contributed by atoms with Gasteiger partial charge in [-0.25, -0.2) is 0 Å². The number of rotatable bonds is 6. The lowest BCUT2D eigenvalue weighted by Crippen LogP contribution is -1.93. The van der Waals surface area contributed by atoms with Crippen LogP contribution in [0.25, 0.3) is 0 Å². The summed E-state index contributed by atoms with van der Waals surface area (Å²) < 4.78 is 0. The molecule has 39 heavy (non-hydrogen) atoms. The van der Waals surface area contributed by atoms with Crippen LogP contribution < -0.4 is 0 Å². The third-order valence-electron chi connectivity index (χ3n) is 5.71. The van der Waals surface area contributed by atoms with E-state index in [0.717, 1.165) is 0 Å². The van der Waals surface area contributed by atoms with Gasteiger partial charge >= 0.3 is 0 Å². The zero-order valence-electron chi connectivity index (χ0n) is 23.2. The molecule has 3 rings (SSSR count). The topological polar surface area (TPSA) is 0 Å². The number of hydrogen-bond acceptors (Lipinski definition) is 3. The molecule has 0 saturated carbocycles. The van der Waals surface area contributed by atoms with E-state index >= 15 is 0 Å². The van der Waals surface area contributed by atoms with Crippen molar-refractivity contribution >= 4 is 34.0 Å². The Bertz CT molecular complexity index is 714. The van der Waals surface area contributed by atoms with Crippen LogP contribution in [-0.2, 0) is 0 Å². The van der Waals surface area contributed by atoms with Crippen LogP contribution in [-0.4, -0.2) is 0 Å². The Labute approximate surface area is 261 Å². The molecule has 0 aromatic carbocycles. The van der Waals surface area contributed by atoms with Gasteiger partial charge in [0.05, 0.1) is 0 Å². The van der Waals surface area contributed by atoms with Crippen LogP contribution in [0.1, 0.15) is 195 Å². The molecule has 0 N–H and O–H groups in total. The summed E-state index contributed by atoms with van der Waals surface area (Å²) in [5, 5.41) is 8.95. The van der Waals surface area contributed by atoms with Crippen molar-refractivity contribution in [1.82, 2.24) is 0 Å². The Balaban J connectivity index is -0.0000000972. The summed E-state index contributed by atoms with van der Waals surface area (Å²) in [6.45, 7) is 27.1. The molecule has 0 bridgehead atoms. The molecule has 0 amide bonds. The highest BCUT2D eigenvalue weighted by atomic mass is 32.1. The lowest BCUT2D eigenvalue weighted by Gasteiger charge is -2.09. The monoisotopic (exact) mass is 600 g/mol. The van der Waals surface area contributed by atoms with Crippen molar-refractivity contribution in [2.75, 3.05) is 0 Å². The van der Waals surface area contributed by atoms with E-state index in [-0.39, 0.29) is 44.6 Å². The summed E-state index contributed by atoms with van der Waals surface area (Å²) in [7, 11) is 0. The van der Waals surface area contributed by atoms with E-state index in [1.165, 1.54) is 22.3 Å². The maximum atomic E-state index is 2.28. The van der Waals surface area contributed by atoms with Gasteiger partial charge in [-0.05, 0) is 91.4 Å². The number of hydrogen-bond donors (Lipinski definition) is 0. The fraction of sp³-hybridized carbons (Fsp3) is 0.667. The largest absolute Gasteiger partial charge is 0.152 e. The van der Waals surface area contributed by atoms with Crippen LogP contribution in [0.15, 0.2) is 33.7 Å². The molecule has 0 saturated heterocycles. The first-order chi connectivity index (χ1) is 15.4. The van der Waals surface area contributed by atoms with Gasteiger partial charge in [-0.2, -0.15) is 11.3 Å². The molecule has 0 nitrogen and oxygen atoms in total. The minimum atomic E-state index is 0. The summed E-state index contributed by atoms with van der Waals surface area (Å²) in [4.78, 5) is 3.11. The van der Waals surface area contributed by atoms with Crippen LogP contribution in [0.4, 0.5) is 0 Å². The minimum Gasteiger partial charge on any atom is -0.152 e. The quantitative estimate of drug-likeness (QED) is 0.264. The molecule has 0 aliphatic carbocycles. The first-order valence-electron chi connectivity index (χ1n) is 12.6. The Hall–Kier alpha value is -0.900. The summed E-state index contributed by atoms with van der Waals surface area (Å²) in [5.41, 5.74) is 6.13. The highest BCUT2D eigenvalue weighted by Crippen LogP contribution is 2.32. The molecular formula is C36H72S3. The van der Waals surface area contributed by atoms with Gasteiger partial charge in [0, 0.05) is 9.75 Å². The lowest BCUT2D eigenvalue weighted by molar-refractivity contribution is 0.798. The third-order valence-corrected chi connectivity index (χ3v) is 8.96. The molecule has 3 heterocycles. The molecule has 0 aliphatic rings. The highest BCUT2D eigenvalue weighted by molar-refractivity contribution is 7.10. The van der Waals surface area contributed by atoms with Crippen molar-refractivity contribution in [1.29, 1.82) is 0 Å². The molecule has 0 unspecified atom stereocenters. The van der Waals surface area contributed by atoms with Gasteiger partial charge in [0.25, 0.3) is 0 Å². The van der Waals surface area contributed by atoms with Gasteiger partial charge in [-0.15, -0.1) is 22.7 Å². The van der Waals surface area contributed by atoms with Crippen molar-refractivity contribution in [2.45, 2.75) is 163 Å². The Morgan fingerprint density at radius 1 is 0.385 bits per heavy atom. The molecule has 0 radical (unpaired) electrons. The second-order valence-corrected chi connectivity index (χ2v) is 13.3. The standard InChI is InChI=1S/3C10H16S.6CH4/c1-7(2)9-5-11-6-10(9)8(3)4;2*1-7(2)9-5-6-11-10(9)8(3)4;;;;;;/h3*5-8H,1-4H3;6*1H4. The Morgan fingerprint density at radius 3 is 0.821 bits per heavy atom. The summed E-state index contributed by atoms with van der Waals surface area (Å²) in [6.07, 6.45) is 0. The molecule has 3 heteroatoms. The van der Waals surface area contributed by atoms with Gasteiger partial charge in [0.2, 0.25) is 0 Å². The zero-order valence-corrected chi connectivity index (χ0v) is 25.6. The van der Waals surface area contributed by atoms with E-state index in [2.05, 4.69) is 117 Å². The second-order valence-electron chi connectivity index (χ2n) is 10.7. The number of thiophene rings is 3. The van der Waals surface area contributed by atoms with Crippen molar-refractivity contribution in [3.8, 4) is 0 Å². The second kappa shape index (κ2) is 24.9. The van der Waals surface area contributed by atoms with Crippen LogP contribution in [0.3, 0.4) is 0 Å². The van der Waals surface area contributed by atoms with Gasteiger partial charge in [-0.3, -0.25) is 0 Å². The van der Waals surface area contributed by atoms with E-state index in [4.69, 9.17) is 0 Å². The molecular weight excluding hydrogens is 529 g/mol. The van der Waals surface area contributed by atoms with Crippen molar-refractivity contribution in [3.05, 3.63) is 65.7 Å². The van der Waals surface area contributed by atoms with E-state index < -0.39 is 0 Å². The maximum Gasteiger partial charge on any atom is 0.0105 e. The van der Waals surface area contributed by atoms with E-state index in [0.29, 0.717) is 35.5 Å². The van der Waals surface area contributed by atoms with Crippen molar-refractivity contribution < 1.29 is 0 Å². The fourth-order valence-corrected chi connectivity index (χ4v) is 7.13. The van der Waals surface area contributed by atoms with Gasteiger partial charge < -0.3 is 0 Å². The van der Waals surface area contributed by atoms with Gasteiger partial charge in [-0.1, -0.05) is 128 Å². The fourth-order valence-electron chi connectivity index (χ4n) is 3.81. The first kappa shape index (κ1) is 50.9. The van der Waals surface area contributed by atoms with E-state index in [1.807, 2.05) is 34.0 Å². The molecule has 0 atom stereocenters. The van der Waals surface area contributed by atoms with E-state index in [1.54, 1.807) is 9.75 Å². The van der Waals surface area contributed by atoms with Crippen LogP contribution in [0, 0.1) is 0 Å². The minimum absolute atomic E-state index is 0.